The number of thiocarbonyl (C=S) groups is 1. The fourth-order valence-corrected chi connectivity index (χ4v) is 4.35. The van der Waals surface area contributed by atoms with Crippen LogP contribution in [-0.4, -0.2) is 24.7 Å². The van der Waals surface area contributed by atoms with Crippen molar-refractivity contribution in [2.45, 2.75) is 26.9 Å². The molecule has 0 amide bonds. The van der Waals surface area contributed by atoms with E-state index in [1.165, 1.54) is 12.1 Å². The second-order valence-electron chi connectivity index (χ2n) is 7.67. The molecule has 0 radical (unpaired) electrons. The Hall–Kier alpha value is -2.65. The van der Waals surface area contributed by atoms with Crippen LogP contribution in [0.15, 0.2) is 48.7 Å². The highest BCUT2D eigenvalue weighted by Gasteiger charge is 2.16. The molecule has 0 aliphatic carbocycles. The van der Waals surface area contributed by atoms with Crippen LogP contribution < -0.4 is 10.6 Å². The van der Waals surface area contributed by atoms with Gasteiger partial charge in [0.2, 0.25) is 0 Å². The van der Waals surface area contributed by atoms with Gasteiger partial charge in [0.25, 0.3) is 0 Å². The maximum absolute atomic E-state index is 13.4. The second kappa shape index (κ2) is 10.3. The van der Waals surface area contributed by atoms with E-state index in [1.807, 2.05) is 30.7 Å². The molecule has 0 aliphatic rings. The van der Waals surface area contributed by atoms with Crippen molar-refractivity contribution in [1.29, 1.82) is 0 Å². The van der Waals surface area contributed by atoms with Gasteiger partial charge in [0.05, 0.1) is 30.2 Å². The van der Waals surface area contributed by atoms with E-state index in [0.717, 1.165) is 28.2 Å². The quantitative estimate of drug-likeness (QED) is 0.268. The first kappa shape index (κ1) is 24.5. The van der Waals surface area contributed by atoms with E-state index in [0.29, 0.717) is 39.1 Å². The van der Waals surface area contributed by atoms with E-state index in [2.05, 4.69) is 20.8 Å². The second-order valence-corrected chi connectivity index (χ2v) is 9.33. The first-order valence-corrected chi connectivity index (χ1v) is 11.8. The molecule has 2 N–H and O–H groups in total. The van der Waals surface area contributed by atoms with Gasteiger partial charge in [-0.05, 0) is 61.5 Å². The Labute approximate surface area is 216 Å². The van der Waals surface area contributed by atoms with Crippen molar-refractivity contribution in [3.05, 3.63) is 92.1 Å². The molecule has 176 valence electrons. The van der Waals surface area contributed by atoms with Crippen LogP contribution in [0, 0.1) is 19.7 Å². The molecule has 0 atom stereocenters. The Morgan fingerprint density at radius 1 is 1.00 bits per heavy atom. The Morgan fingerprint density at radius 2 is 1.79 bits per heavy atom. The Kier molecular flexibility index (Phi) is 7.42. The van der Waals surface area contributed by atoms with Gasteiger partial charge in [-0.2, -0.15) is 10.2 Å². The lowest BCUT2D eigenvalue weighted by Gasteiger charge is -2.11. The van der Waals surface area contributed by atoms with Crippen LogP contribution in [0.4, 0.5) is 15.9 Å². The molecule has 0 unspecified atom stereocenters. The molecular weight excluding hydrogens is 518 g/mol. The van der Waals surface area contributed by atoms with Crippen molar-refractivity contribution >= 4 is 63.6 Å². The molecule has 34 heavy (non-hydrogen) atoms. The van der Waals surface area contributed by atoms with Crippen LogP contribution >= 0.6 is 47.0 Å². The minimum Gasteiger partial charge on any atom is -0.329 e. The zero-order valence-corrected chi connectivity index (χ0v) is 21.3. The third-order valence-electron chi connectivity index (χ3n) is 5.14. The third kappa shape index (κ3) is 5.70. The summed E-state index contributed by atoms with van der Waals surface area (Å²) in [6.07, 6.45) is 1.65. The van der Waals surface area contributed by atoms with E-state index in [9.17, 15) is 4.39 Å². The number of hydrogen-bond donors (Lipinski definition) is 2. The first-order chi connectivity index (χ1) is 16.2. The normalized spacial score (nSPS) is 11.0. The number of halogens is 4. The smallest absolute Gasteiger partial charge is 0.176 e. The fourth-order valence-electron chi connectivity index (χ4n) is 3.48. The maximum Gasteiger partial charge on any atom is 0.176 e. The Bertz CT molecular complexity index is 1370. The molecule has 0 bridgehead atoms. The van der Waals surface area contributed by atoms with Crippen molar-refractivity contribution in [2.24, 2.45) is 0 Å². The monoisotopic (exact) mass is 536 g/mol. The summed E-state index contributed by atoms with van der Waals surface area (Å²) in [5, 5.41) is 17.1. The maximum atomic E-state index is 13.4. The number of aryl methyl sites for hydroxylation is 1. The molecule has 4 rings (SSSR count). The van der Waals surface area contributed by atoms with Crippen LogP contribution in [0.3, 0.4) is 0 Å². The van der Waals surface area contributed by atoms with Gasteiger partial charge in [-0.1, -0.05) is 53.0 Å². The SMILES string of the molecule is Cc1nn(Cc2ccc(Cl)cc2Cl)c(C)c1NC(=S)Nc1nn(Cc2cccc(F)c2)cc1Cl. The molecule has 0 saturated carbocycles. The van der Waals surface area contributed by atoms with Crippen LogP contribution in [0.1, 0.15) is 22.5 Å². The van der Waals surface area contributed by atoms with Gasteiger partial charge in [-0.25, -0.2) is 4.39 Å². The summed E-state index contributed by atoms with van der Waals surface area (Å²) < 4.78 is 16.9. The molecule has 0 spiro atoms. The van der Waals surface area contributed by atoms with Gasteiger partial charge in [0, 0.05) is 16.2 Å². The standard InChI is InChI=1S/C23H20Cl3FN6S/c1-13-21(14(2)33(30-13)11-16-6-7-17(24)9-19(16)25)28-23(34)29-22-20(26)12-32(31-22)10-15-4-3-5-18(27)8-15/h3-9,12H,10-11H2,1-2H3,(H2,28,29,31,34). The zero-order valence-electron chi connectivity index (χ0n) is 18.2. The average molecular weight is 538 g/mol. The van der Waals surface area contributed by atoms with Gasteiger partial charge in [0.15, 0.2) is 10.9 Å². The third-order valence-corrected chi connectivity index (χ3v) is 6.21. The highest BCUT2D eigenvalue weighted by molar-refractivity contribution is 7.80. The lowest BCUT2D eigenvalue weighted by molar-refractivity contribution is 0.619. The molecule has 0 aliphatic heterocycles. The summed E-state index contributed by atoms with van der Waals surface area (Å²) in [5.41, 5.74) is 4.10. The minimum atomic E-state index is -0.302. The first-order valence-electron chi connectivity index (χ1n) is 10.2. The lowest BCUT2D eigenvalue weighted by atomic mass is 10.2. The van der Waals surface area contributed by atoms with Crippen molar-refractivity contribution in [3.63, 3.8) is 0 Å². The van der Waals surface area contributed by atoms with E-state index in [4.69, 9.17) is 47.0 Å². The number of benzene rings is 2. The van der Waals surface area contributed by atoms with Crippen LogP contribution in [0.5, 0.6) is 0 Å². The number of nitrogens with one attached hydrogen (secondary N) is 2. The Morgan fingerprint density at radius 3 is 2.53 bits per heavy atom. The van der Waals surface area contributed by atoms with E-state index in [1.54, 1.807) is 29.1 Å². The molecule has 0 fully saturated rings. The highest BCUT2D eigenvalue weighted by Crippen LogP contribution is 2.26. The summed E-state index contributed by atoms with van der Waals surface area (Å²) in [4.78, 5) is 0. The summed E-state index contributed by atoms with van der Waals surface area (Å²) in [6.45, 7) is 4.69. The largest absolute Gasteiger partial charge is 0.329 e. The molecule has 2 aromatic carbocycles. The van der Waals surface area contributed by atoms with E-state index >= 15 is 0 Å². The van der Waals surface area contributed by atoms with Gasteiger partial charge in [-0.3, -0.25) is 9.36 Å². The topological polar surface area (TPSA) is 59.7 Å². The summed E-state index contributed by atoms with van der Waals surface area (Å²) in [6, 6.07) is 11.7. The van der Waals surface area contributed by atoms with E-state index < -0.39 is 0 Å². The minimum absolute atomic E-state index is 0.302. The van der Waals surface area contributed by atoms with Gasteiger partial charge >= 0.3 is 0 Å². The van der Waals surface area contributed by atoms with E-state index in [-0.39, 0.29) is 5.82 Å². The number of aromatic nitrogens is 4. The Balaban J connectivity index is 1.45. The molecule has 4 aromatic rings. The van der Waals surface area contributed by atoms with Crippen molar-refractivity contribution in [3.8, 4) is 0 Å². The molecule has 11 heteroatoms. The molecule has 0 saturated heterocycles. The van der Waals surface area contributed by atoms with Crippen molar-refractivity contribution in [1.82, 2.24) is 19.6 Å². The van der Waals surface area contributed by atoms with Crippen LogP contribution in [-0.2, 0) is 13.1 Å². The summed E-state index contributed by atoms with van der Waals surface area (Å²) in [5.74, 6) is 0.0929. The van der Waals surface area contributed by atoms with Crippen molar-refractivity contribution < 1.29 is 4.39 Å². The van der Waals surface area contributed by atoms with Crippen LogP contribution in [0.25, 0.3) is 0 Å². The fraction of sp³-hybridized carbons (Fsp3) is 0.174. The summed E-state index contributed by atoms with van der Waals surface area (Å²) in [7, 11) is 0. The average Bonchev–Trinajstić information content (AvgIpc) is 3.23. The van der Waals surface area contributed by atoms with Gasteiger partial charge < -0.3 is 10.6 Å². The molecule has 6 nitrogen and oxygen atoms in total. The van der Waals surface area contributed by atoms with Gasteiger partial charge in [0.1, 0.15) is 10.8 Å². The van der Waals surface area contributed by atoms with Gasteiger partial charge in [-0.15, -0.1) is 0 Å². The number of nitrogens with zero attached hydrogens (tertiary/aromatic N) is 4. The number of anilines is 2. The summed E-state index contributed by atoms with van der Waals surface area (Å²) >= 11 is 24.1. The predicted octanol–water partition coefficient (Wildman–Crippen LogP) is 6.70. The van der Waals surface area contributed by atoms with Crippen molar-refractivity contribution in [2.75, 3.05) is 10.6 Å². The molecule has 2 aromatic heterocycles. The highest BCUT2D eigenvalue weighted by atomic mass is 35.5. The number of rotatable bonds is 6. The molecular formula is C23H20Cl3FN6S. The lowest BCUT2D eigenvalue weighted by Crippen LogP contribution is -2.20. The molecule has 2 heterocycles. The van der Waals surface area contributed by atoms with Crippen LogP contribution in [0.2, 0.25) is 15.1 Å². The zero-order chi connectivity index (χ0) is 24.4. The predicted molar refractivity (Wildman–Crippen MR) is 140 cm³/mol. The number of hydrogen-bond acceptors (Lipinski definition) is 3.